The standard InChI is InChI=1S/C13H26N2O/c1-13(2)5-3-7-15(11-13)8-4-12-10-16-9-6-14-12/h12,14H,3-11H2,1-2H3. The van der Waals surface area contributed by atoms with Crippen LogP contribution in [-0.4, -0.2) is 50.3 Å². The third kappa shape index (κ3) is 3.72. The number of piperidine rings is 1. The lowest BCUT2D eigenvalue weighted by Gasteiger charge is -2.38. The molecule has 2 fully saturated rings. The van der Waals surface area contributed by atoms with E-state index < -0.39 is 0 Å². The molecule has 94 valence electrons. The number of hydrogen-bond acceptors (Lipinski definition) is 3. The molecule has 0 saturated carbocycles. The summed E-state index contributed by atoms with van der Waals surface area (Å²) in [5.74, 6) is 0. The van der Waals surface area contributed by atoms with Crippen LogP contribution >= 0.6 is 0 Å². The minimum absolute atomic E-state index is 0.523. The molecule has 0 spiro atoms. The van der Waals surface area contributed by atoms with Crippen molar-refractivity contribution < 1.29 is 4.74 Å². The summed E-state index contributed by atoms with van der Waals surface area (Å²) in [5, 5.41) is 3.53. The fraction of sp³-hybridized carbons (Fsp3) is 1.00. The van der Waals surface area contributed by atoms with Crippen molar-refractivity contribution in [1.82, 2.24) is 10.2 Å². The molecule has 1 N–H and O–H groups in total. The van der Waals surface area contributed by atoms with Crippen LogP contribution in [0.4, 0.5) is 0 Å². The summed E-state index contributed by atoms with van der Waals surface area (Å²) in [5.41, 5.74) is 0.523. The molecule has 16 heavy (non-hydrogen) atoms. The summed E-state index contributed by atoms with van der Waals surface area (Å²) in [6.07, 6.45) is 3.98. The Morgan fingerprint density at radius 3 is 3.00 bits per heavy atom. The van der Waals surface area contributed by atoms with E-state index in [1.54, 1.807) is 0 Å². The van der Waals surface area contributed by atoms with Crippen LogP contribution < -0.4 is 5.32 Å². The molecule has 0 aromatic rings. The van der Waals surface area contributed by atoms with Crippen LogP contribution in [-0.2, 0) is 4.74 Å². The van der Waals surface area contributed by atoms with E-state index in [9.17, 15) is 0 Å². The fourth-order valence-electron chi connectivity index (χ4n) is 2.88. The Morgan fingerprint density at radius 2 is 2.31 bits per heavy atom. The van der Waals surface area contributed by atoms with Crippen LogP contribution in [0.2, 0.25) is 0 Å². The lowest BCUT2D eigenvalue weighted by atomic mass is 9.84. The molecule has 0 radical (unpaired) electrons. The summed E-state index contributed by atoms with van der Waals surface area (Å²) >= 11 is 0. The normalized spacial score (nSPS) is 31.5. The van der Waals surface area contributed by atoms with Crippen LogP contribution in [0.3, 0.4) is 0 Å². The van der Waals surface area contributed by atoms with Crippen LogP contribution in [0, 0.1) is 5.41 Å². The number of likely N-dealkylation sites (tertiary alicyclic amines) is 1. The van der Waals surface area contributed by atoms with Gasteiger partial charge in [0, 0.05) is 19.1 Å². The van der Waals surface area contributed by atoms with Gasteiger partial charge < -0.3 is 15.0 Å². The van der Waals surface area contributed by atoms with E-state index in [-0.39, 0.29) is 0 Å². The molecule has 2 saturated heterocycles. The molecule has 1 unspecified atom stereocenters. The van der Waals surface area contributed by atoms with Crippen LogP contribution in [0.15, 0.2) is 0 Å². The smallest absolute Gasteiger partial charge is 0.0620 e. The molecule has 2 rings (SSSR count). The Hall–Kier alpha value is -0.120. The van der Waals surface area contributed by atoms with Crippen molar-refractivity contribution in [2.45, 2.75) is 39.2 Å². The summed E-state index contributed by atoms with van der Waals surface area (Å²) in [6, 6.07) is 0.582. The van der Waals surface area contributed by atoms with Gasteiger partial charge in [-0.15, -0.1) is 0 Å². The van der Waals surface area contributed by atoms with Gasteiger partial charge in [0.1, 0.15) is 0 Å². The Bertz CT molecular complexity index is 212. The Labute approximate surface area is 99.5 Å². The second-order valence-corrected chi connectivity index (χ2v) is 6.06. The number of rotatable bonds is 3. The van der Waals surface area contributed by atoms with Gasteiger partial charge >= 0.3 is 0 Å². The first-order valence-electron chi connectivity index (χ1n) is 6.69. The van der Waals surface area contributed by atoms with Crippen molar-refractivity contribution in [2.24, 2.45) is 5.41 Å². The van der Waals surface area contributed by atoms with E-state index in [2.05, 4.69) is 24.1 Å². The number of hydrogen-bond donors (Lipinski definition) is 1. The van der Waals surface area contributed by atoms with Gasteiger partial charge in [-0.25, -0.2) is 0 Å². The average Bonchev–Trinajstić information content (AvgIpc) is 2.27. The molecule has 0 amide bonds. The lowest BCUT2D eigenvalue weighted by Crippen LogP contribution is -2.45. The first-order chi connectivity index (χ1) is 7.66. The highest BCUT2D eigenvalue weighted by atomic mass is 16.5. The van der Waals surface area contributed by atoms with E-state index in [4.69, 9.17) is 4.74 Å². The van der Waals surface area contributed by atoms with Crippen molar-refractivity contribution >= 4 is 0 Å². The predicted octanol–water partition coefficient (Wildman–Crippen LogP) is 1.49. The number of nitrogens with one attached hydrogen (secondary N) is 1. The van der Waals surface area contributed by atoms with Crippen molar-refractivity contribution in [3.8, 4) is 0 Å². The molecule has 1 atom stereocenters. The van der Waals surface area contributed by atoms with E-state index in [0.717, 1.165) is 19.8 Å². The zero-order chi connectivity index (χ0) is 11.4. The van der Waals surface area contributed by atoms with E-state index in [1.807, 2.05) is 0 Å². The molecular weight excluding hydrogens is 200 g/mol. The largest absolute Gasteiger partial charge is 0.379 e. The maximum Gasteiger partial charge on any atom is 0.0620 e. The Balaban J connectivity index is 1.68. The van der Waals surface area contributed by atoms with Gasteiger partial charge in [0.15, 0.2) is 0 Å². The number of nitrogens with zero attached hydrogens (tertiary/aromatic N) is 1. The topological polar surface area (TPSA) is 24.5 Å². The summed E-state index contributed by atoms with van der Waals surface area (Å²) in [6.45, 7) is 11.4. The molecule has 0 aliphatic carbocycles. The molecule has 2 heterocycles. The first-order valence-corrected chi connectivity index (χ1v) is 6.69. The highest BCUT2D eigenvalue weighted by Gasteiger charge is 2.26. The molecule has 3 heteroatoms. The maximum atomic E-state index is 5.48. The van der Waals surface area contributed by atoms with Crippen LogP contribution in [0.1, 0.15) is 33.1 Å². The second-order valence-electron chi connectivity index (χ2n) is 6.06. The SMILES string of the molecule is CC1(C)CCCN(CCC2COCCN2)C1. The summed E-state index contributed by atoms with van der Waals surface area (Å²) < 4.78 is 5.48. The minimum atomic E-state index is 0.523. The van der Waals surface area contributed by atoms with Gasteiger partial charge in [-0.1, -0.05) is 13.8 Å². The lowest BCUT2D eigenvalue weighted by molar-refractivity contribution is 0.0619. The maximum absolute atomic E-state index is 5.48. The van der Waals surface area contributed by atoms with Crippen molar-refractivity contribution in [1.29, 1.82) is 0 Å². The highest BCUT2D eigenvalue weighted by Crippen LogP contribution is 2.28. The first kappa shape index (κ1) is 12.3. The molecular formula is C13H26N2O. The predicted molar refractivity (Wildman–Crippen MR) is 66.7 cm³/mol. The zero-order valence-corrected chi connectivity index (χ0v) is 10.8. The van der Waals surface area contributed by atoms with E-state index in [1.165, 1.54) is 38.9 Å². The van der Waals surface area contributed by atoms with Gasteiger partial charge in [0.25, 0.3) is 0 Å². The monoisotopic (exact) mass is 226 g/mol. The van der Waals surface area contributed by atoms with Gasteiger partial charge in [-0.05, 0) is 37.8 Å². The quantitative estimate of drug-likeness (QED) is 0.789. The fourth-order valence-corrected chi connectivity index (χ4v) is 2.88. The Kier molecular flexibility index (Phi) is 4.22. The summed E-state index contributed by atoms with van der Waals surface area (Å²) in [4.78, 5) is 2.62. The molecule has 0 aromatic heterocycles. The van der Waals surface area contributed by atoms with Gasteiger partial charge in [0.2, 0.25) is 0 Å². The van der Waals surface area contributed by atoms with E-state index >= 15 is 0 Å². The molecule has 0 bridgehead atoms. The number of ether oxygens (including phenoxy) is 1. The van der Waals surface area contributed by atoms with Crippen LogP contribution in [0.5, 0.6) is 0 Å². The van der Waals surface area contributed by atoms with Gasteiger partial charge in [0.05, 0.1) is 13.2 Å². The third-order valence-corrected chi connectivity index (χ3v) is 3.77. The number of morpholine rings is 1. The molecule has 2 aliphatic rings. The third-order valence-electron chi connectivity index (χ3n) is 3.77. The minimum Gasteiger partial charge on any atom is -0.379 e. The summed E-state index contributed by atoms with van der Waals surface area (Å²) in [7, 11) is 0. The molecule has 0 aromatic carbocycles. The van der Waals surface area contributed by atoms with Crippen molar-refractivity contribution in [3.63, 3.8) is 0 Å². The average molecular weight is 226 g/mol. The van der Waals surface area contributed by atoms with Gasteiger partial charge in [-0.2, -0.15) is 0 Å². The highest BCUT2D eigenvalue weighted by molar-refractivity contribution is 4.81. The zero-order valence-electron chi connectivity index (χ0n) is 10.8. The van der Waals surface area contributed by atoms with Crippen molar-refractivity contribution in [2.75, 3.05) is 39.4 Å². The molecule has 2 aliphatic heterocycles. The van der Waals surface area contributed by atoms with Crippen molar-refractivity contribution in [3.05, 3.63) is 0 Å². The second kappa shape index (κ2) is 5.48. The Morgan fingerprint density at radius 1 is 1.44 bits per heavy atom. The van der Waals surface area contributed by atoms with E-state index in [0.29, 0.717) is 11.5 Å². The van der Waals surface area contributed by atoms with Crippen LogP contribution in [0.25, 0.3) is 0 Å². The molecule has 3 nitrogen and oxygen atoms in total. The van der Waals surface area contributed by atoms with Gasteiger partial charge in [-0.3, -0.25) is 0 Å².